The average Bonchev–Trinajstić information content (AvgIpc) is 2.63. The zero-order valence-electron chi connectivity index (χ0n) is 14.1. The van der Waals surface area contributed by atoms with Gasteiger partial charge in [0.1, 0.15) is 5.56 Å². The van der Waals surface area contributed by atoms with Gasteiger partial charge in [-0.25, -0.2) is 0 Å². The molecule has 0 unspecified atom stereocenters. The van der Waals surface area contributed by atoms with E-state index in [-0.39, 0.29) is 22.9 Å². The van der Waals surface area contributed by atoms with E-state index in [1.807, 2.05) is 48.7 Å². The number of benzene rings is 2. The van der Waals surface area contributed by atoms with Crippen LogP contribution < -0.4 is 10.7 Å². The molecule has 0 fully saturated rings. The third-order valence-corrected chi connectivity index (χ3v) is 4.51. The van der Waals surface area contributed by atoms with Gasteiger partial charge in [0.15, 0.2) is 0 Å². The van der Waals surface area contributed by atoms with Gasteiger partial charge in [-0.1, -0.05) is 41.9 Å². The molecule has 0 aliphatic heterocycles. The SMILES string of the molecule is CCn1cc(C(=O)N[C@H](C)c2ccccc2)c(=O)c2cc(Cl)ccc21. The van der Waals surface area contributed by atoms with Gasteiger partial charge in [-0.15, -0.1) is 0 Å². The quantitative estimate of drug-likeness (QED) is 0.764. The van der Waals surface area contributed by atoms with Gasteiger partial charge in [0.2, 0.25) is 5.43 Å². The van der Waals surface area contributed by atoms with Gasteiger partial charge in [0, 0.05) is 23.2 Å². The number of pyridine rings is 1. The monoisotopic (exact) mass is 354 g/mol. The fourth-order valence-corrected chi connectivity index (χ4v) is 3.06. The van der Waals surface area contributed by atoms with E-state index in [2.05, 4.69) is 5.32 Å². The number of hydrogen-bond donors (Lipinski definition) is 1. The maximum absolute atomic E-state index is 12.8. The summed E-state index contributed by atoms with van der Waals surface area (Å²) < 4.78 is 1.88. The second kappa shape index (κ2) is 7.11. The van der Waals surface area contributed by atoms with Crippen molar-refractivity contribution >= 4 is 28.4 Å². The molecule has 1 N–H and O–H groups in total. The number of hydrogen-bond acceptors (Lipinski definition) is 2. The number of rotatable bonds is 4. The third-order valence-electron chi connectivity index (χ3n) is 4.27. The molecule has 5 heteroatoms. The van der Waals surface area contributed by atoms with Crippen LogP contribution in [0.15, 0.2) is 59.5 Å². The predicted molar refractivity (Wildman–Crippen MR) is 101 cm³/mol. The van der Waals surface area contributed by atoms with E-state index in [1.54, 1.807) is 24.4 Å². The van der Waals surface area contributed by atoms with Gasteiger partial charge in [-0.05, 0) is 37.6 Å². The molecule has 1 amide bonds. The average molecular weight is 355 g/mol. The van der Waals surface area contributed by atoms with Gasteiger partial charge in [-0.2, -0.15) is 0 Å². The van der Waals surface area contributed by atoms with Crippen molar-refractivity contribution in [3.05, 3.63) is 81.1 Å². The molecule has 1 atom stereocenters. The van der Waals surface area contributed by atoms with Crippen molar-refractivity contribution in [2.75, 3.05) is 0 Å². The number of carbonyl (C=O) groups excluding carboxylic acids is 1. The Balaban J connectivity index is 2.01. The van der Waals surface area contributed by atoms with Crippen molar-refractivity contribution in [1.82, 2.24) is 9.88 Å². The minimum Gasteiger partial charge on any atom is -0.347 e. The molecule has 0 spiro atoms. The Labute approximate surface area is 151 Å². The van der Waals surface area contributed by atoms with Gasteiger partial charge in [0.05, 0.1) is 11.6 Å². The Bertz CT molecular complexity index is 980. The van der Waals surface area contributed by atoms with Crippen LogP contribution in [0.1, 0.15) is 35.8 Å². The molecule has 3 rings (SSSR count). The second-order valence-corrected chi connectivity index (χ2v) is 6.36. The van der Waals surface area contributed by atoms with E-state index < -0.39 is 0 Å². The highest BCUT2D eigenvalue weighted by Gasteiger charge is 2.17. The smallest absolute Gasteiger partial charge is 0.257 e. The Morgan fingerprint density at radius 2 is 1.92 bits per heavy atom. The van der Waals surface area contributed by atoms with Crippen LogP contribution in [0.4, 0.5) is 0 Å². The zero-order chi connectivity index (χ0) is 18.0. The first-order valence-corrected chi connectivity index (χ1v) is 8.57. The molecule has 1 heterocycles. The summed E-state index contributed by atoms with van der Waals surface area (Å²) in [6.07, 6.45) is 1.62. The first-order chi connectivity index (χ1) is 12.0. The molecule has 2 aromatic carbocycles. The summed E-state index contributed by atoms with van der Waals surface area (Å²) in [5, 5.41) is 3.83. The third kappa shape index (κ3) is 3.44. The van der Waals surface area contributed by atoms with E-state index in [0.29, 0.717) is 17.0 Å². The fraction of sp³-hybridized carbons (Fsp3) is 0.200. The minimum atomic E-state index is -0.384. The summed E-state index contributed by atoms with van der Waals surface area (Å²) in [6.45, 7) is 4.50. The number of amides is 1. The lowest BCUT2D eigenvalue weighted by Crippen LogP contribution is -2.31. The lowest BCUT2D eigenvalue weighted by Gasteiger charge is -2.16. The highest BCUT2D eigenvalue weighted by Crippen LogP contribution is 2.18. The molecule has 25 heavy (non-hydrogen) atoms. The van der Waals surface area contributed by atoms with E-state index in [1.165, 1.54) is 0 Å². The molecule has 0 radical (unpaired) electrons. The number of aryl methyl sites for hydroxylation is 1. The lowest BCUT2D eigenvalue weighted by molar-refractivity contribution is 0.0938. The number of aromatic nitrogens is 1. The second-order valence-electron chi connectivity index (χ2n) is 5.93. The summed E-state index contributed by atoms with van der Waals surface area (Å²) in [6, 6.07) is 14.6. The normalized spacial score (nSPS) is 12.1. The molecule has 128 valence electrons. The number of halogens is 1. The Hall–Kier alpha value is -2.59. The highest BCUT2D eigenvalue weighted by atomic mass is 35.5. The van der Waals surface area contributed by atoms with Gasteiger partial charge in [-0.3, -0.25) is 9.59 Å². The van der Waals surface area contributed by atoms with Crippen LogP contribution >= 0.6 is 11.6 Å². The number of carbonyl (C=O) groups is 1. The zero-order valence-corrected chi connectivity index (χ0v) is 14.9. The molecule has 0 aliphatic carbocycles. The van der Waals surface area contributed by atoms with Crippen molar-refractivity contribution in [3.8, 4) is 0 Å². The molecular weight excluding hydrogens is 336 g/mol. The standard InChI is InChI=1S/C20H19ClN2O2/c1-3-23-12-17(19(24)16-11-15(21)9-10-18(16)23)20(25)22-13(2)14-7-5-4-6-8-14/h4-13H,3H2,1-2H3,(H,22,25)/t13-/m1/s1. The largest absolute Gasteiger partial charge is 0.347 e. The first kappa shape index (κ1) is 17.2. The first-order valence-electron chi connectivity index (χ1n) is 8.19. The fourth-order valence-electron chi connectivity index (χ4n) is 2.89. The maximum atomic E-state index is 12.8. The van der Waals surface area contributed by atoms with Crippen LogP contribution in [0.2, 0.25) is 5.02 Å². The summed E-state index contributed by atoms with van der Waals surface area (Å²) >= 11 is 6.03. The van der Waals surface area contributed by atoms with Crippen LogP contribution in [0.3, 0.4) is 0 Å². The van der Waals surface area contributed by atoms with Gasteiger partial charge < -0.3 is 9.88 Å². The Morgan fingerprint density at radius 1 is 1.20 bits per heavy atom. The molecule has 0 bridgehead atoms. The topological polar surface area (TPSA) is 51.1 Å². The predicted octanol–water partition coefficient (Wildman–Crippen LogP) is 4.17. The summed E-state index contributed by atoms with van der Waals surface area (Å²) in [7, 11) is 0. The molecule has 3 aromatic rings. The van der Waals surface area contributed by atoms with Crippen LogP contribution in [-0.2, 0) is 6.54 Å². The molecule has 1 aromatic heterocycles. The Morgan fingerprint density at radius 3 is 2.60 bits per heavy atom. The molecule has 0 saturated carbocycles. The molecule has 0 saturated heterocycles. The lowest BCUT2D eigenvalue weighted by atomic mass is 10.1. The van der Waals surface area contributed by atoms with Crippen LogP contribution in [0, 0.1) is 0 Å². The van der Waals surface area contributed by atoms with Crippen molar-refractivity contribution < 1.29 is 4.79 Å². The van der Waals surface area contributed by atoms with Gasteiger partial charge >= 0.3 is 0 Å². The van der Waals surface area contributed by atoms with E-state index in [0.717, 1.165) is 11.1 Å². The van der Waals surface area contributed by atoms with E-state index in [9.17, 15) is 9.59 Å². The summed E-state index contributed by atoms with van der Waals surface area (Å²) in [5.74, 6) is -0.384. The number of nitrogens with zero attached hydrogens (tertiary/aromatic N) is 1. The van der Waals surface area contributed by atoms with E-state index in [4.69, 9.17) is 11.6 Å². The summed E-state index contributed by atoms with van der Waals surface area (Å²) in [5.41, 5.74) is 1.57. The Kier molecular flexibility index (Phi) is 4.91. The highest BCUT2D eigenvalue weighted by molar-refractivity contribution is 6.31. The van der Waals surface area contributed by atoms with E-state index >= 15 is 0 Å². The summed E-state index contributed by atoms with van der Waals surface area (Å²) in [4.78, 5) is 25.5. The number of nitrogens with one attached hydrogen (secondary N) is 1. The maximum Gasteiger partial charge on any atom is 0.257 e. The molecular formula is C20H19ClN2O2. The van der Waals surface area contributed by atoms with Crippen LogP contribution in [0.5, 0.6) is 0 Å². The van der Waals surface area contributed by atoms with Crippen LogP contribution in [0.25, 0.3) is 10.9 Å². The van der Waals surface area contributed by atoms with Crippen molar-refractivity contribution in [1.29, 1.82) is 0 Å². The van der Waals surface area contributed by atoms with Crippen molar-refractivity contribution in [2.24, 2.45) is 0 Å². The van der Waals surface area contributed by atoms with Crippen LogP contribution in [-0.4, -0.2) is 10.5 Å². The molecule has 4 nitrogen and oxygen atoms in total. The molecule has 0 aliphatic rings. The minimum absolute atomic E-state index is 0.124. The van der Waals surface area contributed by atoms with Crippen molar-refractivity contribution in [2.45, 2.75) is 26.4 Å². The number of fused-ring (bicyclic) bond motifs is 1. The van der Waals surface area contributed by atoms with Crippen molar-refractivity contribution in [3.63, 3.8) is 0 Å². The van der Waals surface area contributed by atoms with Gasteiger partial charge in [0.25, 0.3) is 5.91 Å².